The van der Waals surface area contributed by atoms with Gasteiger partial charge in [0.25, 0.3) is 0 Å². The molecule has 0 aliphatic carbocycles. The van der Waals surface area contributed by atoms with E-state index in [9.17, 15) is 4.39 Å². The zero-order valence-corrected chi connectivity index (χ0v) is 12.7. The van der Waals surface area contributed by atoms with E-state index in [1.165, 1.54) is 23.3 Å². The summed E-state index contributed by atoms with van der Waals surface area (Å²) in [7, 11) is 2.07. The van der Waals surface area contributed by atoms with E-state index in [-0.39, 0.29) is 5.82 Å². The molecule has 0 spiro atoms. The summed E-state index contributed by atoms with van der Waals surface area (Å²) in [5.41, 5.74) is 9.35. The van der Waals surface area contributed by atoms with Crippen LogP contribution in [-0.2, 0) is 13.1 Å². The van der Waals surface area contributed by atoms with Crippen LogP contribution in [0.3, 0.4) is 0 Å². The van der Waals surface area contributed by atoms with Gasteiger partial charge in [0.1, 0.15) is 5.82 Å². The summed E-state index contributed by atoms with van der Waals surface area (Å²) < 4.78 is 12.9. The highest BCUT2D eigenvalue weighted by atomic mass is 19.1. The molecule has 0 bridgehead atoms. The summed E-state index contributed by atoms with van der Waals surface area (Å²) in [6.07, 6.45) is 0. The first kappa shape index (κ1) is 15.7. The Morgan fingerprint density at radius 1 is 0.952 bits per heavy atom. The number of benzene rings is 2. The number of rotatable bonds is 6. The fourth-order valence-corrected chi connectivity index (χ4v) is 2.36. The van der Waals surface area contributed by atoms with Crippen molar-refractivity contribution in [2.45, 2.75) is 25.9 Å². The molecule has 2 aromatic carbocycles. The van der Waals surface area contributed by atoms with E-state index < -0.39 is 0 Å². The molecule has 112 valence electrons. The quantitative estimate of drug-likeness (QED) is 0.880. The number of nitrogens with zero attached hydrogens (tertiary/aromatic N) is 1. The third-order valence-electron chi connectivity index (χ3n) is 3.72. The molecule has 0 aromatic heterocycles. The minimum atomic E-state index is -0.189. The van der Waals surface area contributed by atoms with Gasteiger partial charge in [0.2, 0.25) is 0 Å². The van der Waals surface area contributed by atoms with Crippen LogP contribution in [-0.4, -0.2) is 18.5 Å². The monoisotopic (exact) mass is 286 g/mol. The fourth-order valence-electron chi connectivity index (χ4n) is 2.36. The van der Waals surface area contributed by atoms with Crippen molar-refractivity contribution in [3.8, 4) is 0 Å². The summed E-state index contributed by atoms with van der Waals surface area (Å²) >= 11 is 0. The van der Waals surface area contributed by atoms with Gasteiger partial charge in [0.05, 0.1) is 0 Å². The molecular weight excluding hydrogens is 263 g/mol. The van der Waals surface area contributed by atoms with Gasteiger partial charge in [-0.2, -0.15) is 0 Å². The Bertz CT molecular complexity index is 548. The van der Waals surface area contributed by atoms with E-state index in [4.69, 9.17) is 5.73 Å². The van der Waals surface area contributed by atoms with Gasteiger partial charge in [0.15, 0.2) is 0 Å². The van der Waals surface area contributed by atoms with Crippen molar-refractivity contribution in [2.24, 2.45) is 5.73 Å². The third-order valence-corrected chi connectivity index (χ3v) is 3.72. The van der Waals surface area contributed by atoms with Crippen molar-refractivity contribution in [3.05, 3.63) is 71.0 Å². The SMILES string of the molecule is CC(CN)c1ccc(CN(C)Cc2ccc(F)cc2)cc1. The van der Waals surface area contributed by atoms with Crippen LogP contribution in [0, 0.1) is 5.82 Å². The van der Waals surface area contributed by atoms with Crippen molar-refractivity contribution < 1.29 is 4.39 Å². The molecule has 0 saturated carbocycles. The molecule has 0 fully saturated rings. The Kier molecular flexibility index (Phi) is 5.48. The first-order valence-electron chi connectivity index (χ1n) is 7.30. The Morgan fingerprint density at radius 2 is 1.43 bits per heavy atom. The van der Waals surface area contributed by atoms with Crippen LogP contribution in [0.5, 0.6) is 0 Å². The van der Waals surface area contributed by atoms with Crippen LogP contribution in [0.4, 0.5) is 4.39 Å². The van der Waals surface area contributed by atoms with Crippen molar-refractivity contribution in [2.75, 3.05) is 13.6 Å². The van der Waals surface area contributed by atoms with Gasteiger partial charge < -0.3 is 5.73 Å². The van der Waals surface area contributed by atoms with Crippen LogP contribution in [0.1, 0.15) is 29.5 Å². The molecule has 0 saturated heterocycles. The summed E-state index contributed by atoms with van der Waals surface area (Å²) in [5.74, 6) is 0.210. The Labute approximate surface area is 126 Å². The van der Waals surface area contributed by atoms with Gasteiger partial charge in [-0.3, -0.25) is 4.90 Å². The number of halogens is 1. The first-order chi connectivity index (χ1) is 10.1. The Morgan fingerprint density at radius 3 is 1.90 bits per heavy atom. The minimum absolute atomic E-state index is 0.189. The molecule has 2 nitrogen and oxygen atoms in total. The second-order valence-corrected chi connectivity index (χ2v) is 5.68. The summed E-state index contributed by atoms with van der Waals surface area (Å²) in [6.45, 7) is 4.48. The summed E-state index contributed by atoms with van der Waals surface area (Å²) in [6, 6.07) is 15.3. The molecular formula is C18H23FN2. The zero-order chi connectivity index (χ0) is 15.2. The predicted molar refractivity (Wildman–Crippen MR) is 85.5 cm³/mol. The maximum Gasteiger partial charge on any atom is 0.123 e. The van der Waals surface area contributed by atoms with E-state index in [1.807, 2.05) is 12.1 Å². The molecule has 0 amide bonds. The molecule has 0 aliphatic heterocycles. The molecule has 0 heterocycles. The number of hydrogen-bond donors (Lipinski definition) is 1. The lowest BCUT2D eigenvalue weighted by atomic mass is 10.00. The smallest absolute Gasteiger partial charge is 0.123 e. The van der Waals surface area contributed by atoms with Gasteiger partial charge >= 0.3 is 0 Å². The topological polar surface area (TPSA) is 29.3 Å². The molecule has 21 heavy (non-hydrogen) atoms. The third kappa shape index (κ3) is 4.66. The lowest BCUT2D eigenvalue weighted by Gasteiger charge is -2.17. The number of hydrogen-bond acceptors (Lipinski definition) is 2. The Balaban J connectivity index is 1.93. The van der Waals surface area contributed by atoms with Crippen LogP contribution in [0.25, 0.3) is 0 Å². The van der Waals surface area contributed by atoms with Crippen LogP contribution in [0.2, 0.25) is 0 Å². The first-order valence-corrected chi connectivity index (χ1v) is 7.30. The van der Waals surface area contributed by atoms with Crippen LogP contribution < -0.4 is 5.73 Å². The second-order valence-electron chi connectivity index (χ2n) is 5.68. The van der Waals surface area contributed by atoms with E-state index in [1.54, 1.807) is 0 Å². The highest BCUT2D eigenvalue weighted by Gasteiger charge is 2.05. The molecule has 3 heteroatoms. The van der Waals surface area contributed by atoms with Gasteiger partial charge in [-0.15, -0.1) is 0 Å². The molecule has 0 aliphatic rings. The van der Waals surface area contributed by atoms with E-state index >= 15 is 0 Å². The van der Waals surface area contributed by atoms with Crippen LogP contribution in [0.15, 0.2) is 48.5 Å². The zero-order valence-electron chi connectivity index (χ0n) is 12.7. The van der Waals surface area contributed by atoms with E-state index in [0.29, 0.717) is 12.5 Å². The van der Waals surface area contributed by atoms with E-state index in [0.717, 1.165) is 18.7 Å². The molecule has 2 aromatic rings. The molecule has 1 atom stereocenters. The highest BCUT2D eigenvalue weighted by Crippen LogP contribution is 2.16. The largest absolute Gasteiger partial charge is 0.330 e. The van der Waals surface area contributed by atoms with Gasteiger partial charge in [-0.25, -0.2) is 4.39 Å². The maximum absolute atomic E-state index is 12.9. The van der Waals surface area contributed by atoms with Crippen molar-refractivity contribution in [3.63, 3.8) is 0 Å². The van der Waals surface area contributed by atoms with Crippen molar-refractivity contribution >= 4 is 0 Å². The molecule has 1 unspecified atom stereocenters. The van der Waals surface area contributed by atoms with Gasteiger partial charge in [-0.1, -0.05) is 43.3 Å². The summed E-state index contributed by atoms with van der Waals surface area (Å²) in [5, 5.41) is 0. The van der Waals surface area contributed by atoms with Crippen LogP contribution >= 0.6 is 0 Å². The molecule has 2 N–H and O–H groups in total. The second kappa shape index (κ2) is 7.34. The molecule has 2 rings (SSSR count). The van der Waals surface area contributed by atoms with Gasteiger partial charge in [0, 0.05) is 13.1 Å². The fraction of sp³-hybridized carbons (Fsp3) is 0.333. The Hall–Kier alpha value is -1.71. The average Bonchev–Trinajstić information content (AvgIpc) is 2.49. The highest BCUT2D eigenvalue weighted by molar-refractivity contribution is 5.25. The predicted octanol–water partition coefficient (Wildman–Crippen LogP) is 3.52. The van der Waals surface area contributed by atoms with Gasteiger partial charge in [-0.05, 0) is 48.3 Å². The normalized spacial score (nSPS) is 12.6. The standard InChI is InChI=1S/C18H23FN2/c1-14(11-20)17-7-3-15(4-8-17)12-21(2)13-16-5-9-18(19)10-6-16/h3-10,14H,11-13,20H2,1-2H3. The molecule has 0 radical (unpaired) electrons. The number of nitrogens with two attached hydrogens (primary N) is 1. The lowest BCUT2D eigenvalue weighted by Crippen LogP contribution is -2.17. The lowest BCUT2D eigenvalue weighted by molar-refractivity contribution is 0.319. The minimum Gasteiger partial charge on any atom is -0.330 e. The van der Waals surface area contributed by atoms with Crippen molar-refractivity contribution in [1.29, 1.82) is 0 Å². The maximum atomic E-state index is 12.9. The average molecular weight is 286 g/mol. The van der Waals surface area contributed by atoms with Crippen molar-refractivity contribution in [1.82, 2.24) is 4.90 Å². The summed E-state index contributed by atoms with van der Waals surface area (Å²) in [4.78, 5) is 2.22. The van der Waals surface area contributed by atoms with E-state index in [2.05, 4.69) is 43.1 Å².